The first-order valence-electron chi connectivity index (χ1n) is 9.08. The van der Waals surface area contributed by atoms with Gasteiger partial charge in [0, 0.05) is 16.2 Å². The summed E-state index contributed by atoms with van der Waals surface area (Å²) in [6, 6.07) is 6.27. The molecule has 2 aromatic rings. The summed E-state index contributed by atoms with van der Waals surface area (Å²) in [5.74, 6) is -0.777. The molecule has 0 amide bonds. The van der Waals surface area contributed by atoms with Gasteiger partial charge in [0.2, 0.25) is 0 Å². The number of alkyl halides is 1. The molecule has 1 saturated heterocycles. The van der Waals surface area contributed by atoms with Crippen LogP contribution in [0.5, 0.6) is 0 Å². The molecule has 0 aliphatic carbocycles. The molecule has 0 spiro atoms. The maximum absolute atomic E-state index is 12.8. The minimum absolute atomic E-state index is 0.131. The molecule has 0 radical (unpaired) electrons. The smallest absolute Gasteiger partial charge is 0.338 e. The molecule has 2 heterocycles. The summed E-state index contributed by atoms with van der Waals surface area (Å²) in [6.45, 7) is -0.554. The van der Waals surface area contributed by atoms with Gasteiger partial charge in [-0.2, -0.15) is 0 Å². The molecule has 0 bridgehead atoms. The molecule has 1 unspecified atom stereocenters. The Morgan fingerprint density at radius 1 is 1.30 bits per heavy atom. The van der Waals surface area contributed by atoms with Gasteiger partial charge in [-0.1, -0.05) is 15.9 Å². The standard InChI is InChI=1S/C19H20BrFN2O7/c1-10-8-23(19(28)22(7-6-21)16(10)26)17-15(14(25)13(9-24)29-17)30-18(27)11-2-4-12(20)5-3-11/h2-5,8,13-15,17,24-25H,6-7,9H2,1H3/t13-,14+,15?,17-/m1/s1. The highest BCUT2D eigenvalue weighted by atomic mass is 79.9. The Kier molecular flexibility index (Phi) is 6.86. The molecule has 1 aromatic carbocycles. The fourth-order valence-electron chi connectivity index (χ4n) is 3.22. The van der Waals surface area contributed by atoms with E-state index < -0.39 is 61.6 Å². The van der Waals surface area contributed by atoms with Crippen molar-refractivity contribution in [3.8, 4) is 0 Å². The zero-order valence-corrected chi connectivity index (χ0v) is 17.5. The Morgan fingerprint density at radius 3 is 2.57 bits per heavy atom. The van der Waals surface area contributed by atoms with Gasteiger partial charge in [0.1, 0.15) is 18.9 Å². The van der Waals surface area contributed by atoms with Crippen molar-refractivity contribution in [2.75, 3.05) is 13.3 Å². The number of carbonyl (C=O) groups excluding carboxylic acids is 1. The number of hydrogen-bond donors (Lipinski definition) is 2. The van der Waals surface area contributed by atoms with Crippen LogP contribution >= 0.6 is 15.9 Å². The van der Waals surface area contributed by atoms with Crippen molar-refractivity contribution in [3.05, 3.63) is 66.9 Å². The van der Waals surface area contributed by atoms with E-state index in [-0.39, 0.29) is 11.1 Å². The lowest BCUT2D eigenvalue weighted by molar-refractivity contribution is -0.0610. The lowest BCUT2D eigenvalue weighted by Crippen LogP contribution is -2.45. The van der Waals surface area contributed by atoms with Gasteiger partial charge in [0.15, 0.2) is 12.3 Å². The van der Waals surface area contributed by atoms with Crippen molar-refractivity contribution in [1.29, 1.82) is 0 Å². The lowest BCUT2D eigenvalue weighted by Gasteiger charge is -2.23. The second kappa shape index (κ2) is 9.21. The normalized spacial score (nSPS) is 23.5. The van der Waals surface area contributed by atoms with Crippen LogP contribution in [-0.4, -0.2) is 56.9 Å². The minimum atomic E-state index is -1.44. The molecule has 3 rings (SSSR count). The van der Waals surface area contributed by atoms with Crippen molar-refractivity contribution < 1.29 is 28.9 Å². The topological polar surface area (TPSA) is 120 Å². The third-order valence-corrected chi connectivity index (χ3v) is 5.29. The number of carbonyl (C=O) groups is 1. The predicted molar refractivity (Wildman–Crippen MR) is 106 cm³/mol. The number of hydrogen-bond acceptors (Lipinski definition) is 7. The van der Waals surface area contributed by atoms with E-state index in [1.54, 1.807) is 12.1 Å². The highest BCUT2D eigenvalue weighted by Crippen LogP contribution is 2.31. The number of aryl methyl sites for hydroxylation is 1. The van der Waals surface area contributed by atoms with Gasteiger partial charge in [-0.25, -0.2) is 14.0 Å². The molecule has 30 heavy (non-hydrogen) atoms. The predicted octanol–water partition coefficient (Wildman–Crippen LogP) is 0.527. The first-order chi connectivity index (χ1) is 14.3. The molecule has 1 aliphatic rings. The maximum Gasteiger partial charge on any atom is 0.338 e. The molecule has 0 saturated carbocycles. The van der Waals surface area contributed by atoms with Crippen LogP contribution in [0.2, 0.25) is 0 Å². The van der Waals surface area contributed by atoms with Gasteiger partial charge in [-0.15, -0.1) is 0 Å². The number of rotatable bonds is 6. The van der Waals surface area contributed by atoms with Gasteiger partial charge >= 0.3 is 11.7 Å². The van der Waals surface area contributed by atoms with Gasteiger partial charge in [-0.3, -0.25) is 13.9 Å². The first kappa shape index (κ1) is 22.3. The van der Waals surface area contributed by atoms with E-state index in [9.17, 15) is 29.0 Å². The second-order valence-corrected chi connectivity index (χ2v) is 7.68. The fourth-order valence-corrected chi connectivity index (χ4v) is 3.48. The van der Waals surface area contributed by atoms with E-state index in [2.05, 4.69) is 15.9 Å². The molecular formula is C19H20BrFN2O7. The van der Waals surface area contributed by atoms with E-state index in [1.165, 1.54) is 25.3 Å². The Morgan fingerprint density at radius 2 is 1.97 bits per heavy atom. The number of aliphatic hydroxyl groups is 2. The number of nitrogens with zero attached hydrogens (tertiary/aromatic N) is 2. The van der Waals surface area contributed by atoms with E-state index in [0.717, 1.165) is 9.04 Å². The summed E-state index contributed by atoms with van der Waals surface area (Å²) in [4.78, 5) is 37.5. The van der Waals surface area contributed by atoms with Crippen molar-refractivity contribution in [2.45, 2.75) is 38.0 Å². The van der Waals surface area contributed by atoms with Gasteiger partial charge < -0.3 is 19.7 Å². The number of halogens is 2. The summed E-state index contributed by atoms with van der Waals surface area (Å²) in [5.41, 5.74) is -1.22. The maximum atomic E-state index is 12.8. The molecule has 11 heteroatoms. The Bertz CT molecular complexity index is 1040. The van der Waals surface area contributed by atoms with Crippen LogP contribution in [-0.2, 0) is 16.0 Å². The molecular weight excluding hydrogens is 467 g/mol. The molecule has 9 nitrogen and oxygen atoms in total. The minimum Gasteiger partial charge on any atom is -0.451 e. The Hall–Kier alpha value is -2.34. The SMILES string of the molecule is Cc1cn([C@@H]2O[C@H](CO)[C@H](O)C2OC(=O)c2ccc(Br)cc2)c(=O)n(CCF)c1=O. The quantitative estimate of drug-likeness (QED) is 0.571. The first-order valence-corrected chi connectivity index (χ1v) is 9.87. The van der Waals surface area contributed by atoms with Crippen LogP contribution in [0.3, 0.4) is 0 Å². The van der Waals surface area contributed by atoms with Gasteiger partial charge in [0.05, 0.1) is 18.7 Å². The average Bonchev–Trinajstić information content (AvgIpc) is 3.04. The van der Waals surface area contributed by atoms with Crippen LogP contribution in [0.15, 0.2) is 44.5 Å². The number of aromatic nitrogens is 2. The molecule has 2 N–H and O–H groups in total. The second-order valence-electron chi connectivity index (χ2n) is 6.76. The summed E-state index contributed by atoms with van der Waals surface area (Å²) >= 11 is 3.26. The van der Waals surface area contributed by atoms with Crippen LogP contribution in [0.25, 0.3) is 0 Å². The van der Waals surface area contributed by atoms with Crippen molar-refractivity contribution in [2.24, 2.45) is 0 Å². The third kappa shape index (κ3) is 4.24. The highest BCUT2D eigenvalue weighted by Gasteiger charge is 2.47. The monoisotopic (exact) mass is 486 g/mol. The summed E-state index contributed by atoms with van der Waals surface area (Å²) in [6.07, 6.45) is -4.06. The molecule has 1 aromatic heterocycles. The Labute approximate surface area is 178 Å². The van der Waals surface area contributed by atoms with Crippen LogP contribution in [0, 0.1) is 6.92 Å². The van der Waals surface area contributed by atoms with E-state index in [0.29, 0.717) is 4.57 Å². The fraction of sp³-hybridized carbons (Fsp3) is 0.421. The van der Waals surface area contributed by atoms with Crippen LogP contribution in [0.1, 0.15) is 22.1 Å². The zero-order chi connectivity index (χ0) is 22.0. The number of ether oxygens (including phenoxy) is 2. The van der Waals surface area contributed by atoms with Crippen LogP contribution < -0.4 is 11.2 Å². The van der Waals surface area contributed by atoms with Crippen molar-refractivity contribution in [3.63, 3.8) is 0 Å². The van der Waals surface area contributed by atoms with Gasteiger partial charge in [0.25, 0.3) is 5.56 Å². The average molecular weight is 487 g/mol. The summed E-state index contributed by atoms with van der Waals surface area (Å²) < 4.78 is 26.2. The lowest BCUT2D eigenvalue weighted by atomic mass is 10.1. The van der Waals surface area contributed by atoms with E-state index in [4.69, 9.17) is 9.47 Å². The van der Waals surface area contributed by atoms with Crippen molar-refractivity contribution in [1.82, 2.24) is 9.13 Å². The number of esters is 1. The molecule has 1 aliphatic heterocycles. The van der Waals surface area contributed by atoms with E-state index >= 15 is 0 Å². The highest BCUT2D eigenvalue weighted by molar-refractivity contribution is 9.10. The zero-order valence-electron chi connectivity index (χ0n) is 15.9. The molecule has 4 atom stereocenters. The van der Waals surface area contributed by atoms with Crippen molar-refractivity contribution >= 4 is 21.9 Å². The molecule has 162 valence electrons. The summed E-state index contributed by atoms with van der Waals surface area (Å²) in [5, 5.41) is 20.0. The third-order valence-electron chi connectivity index (χ3n) is 4.77. The summed E-state index contributed by atoms with van der Waals surface area (Å²) in [7, 11) is 0. The van der Waals surface area contributed by atoms with Gasteiger partial charge in [-0.05, 0) is 31.2 Å². The van der Waals surface area contributed by atoms with Crippen LogP contribution in [0.4, 0.5) is 4.39 Å². The molecule has 1 fully saturated rings. The largest absolute Gasteiger partial charge is 0.451 e. The Balaban J connectivity index is 2.00. The number of benzene rings is 1. The number of aliphatic hydroxyl groups excluding tert-OH is 2. The van der Waals surface area contributed by atoms with E-state index in [1.807, 2.05) is 0 Å².